The Hall–Kier alpha value is -1.65. The van der Waals surface area contributed by atoms with Crippen LogP contribution in [-0.4, -0.2) is 23.6 Å². The summed E-state index contributed by atoms with van der Waals surface area (Å²) in [5.41, 5.74) is 0.633. The Balaban J connectivity index is 2.77. The quantitative estimate of drug-likeness (QED) is 0.865. The fourth-order valence-electron chi connectivity index (χ4n) is 1.23. The van der Waals surface area contributed by atoms with Crippen LogP contribution in [0.2, 0.25) is 0 Å². The van der Waals surface area contributed by atoms with Crippen molar-refractivity contribution in [1.29, 1.82) is 0 Å². The van der Waals surface area contributed by atoms with Gasteiger partial charge in [0.05, 0.1) is 5.56 Å². The van der Waals surface area contributed by atoms with E-state index >= 15 is 0 Å². The third kappa shape index (κ3) is 3.69. The third-order valence-corrected chi connectivity index (χ3v) is 2.38. The van der Waals surface area contributed by atoms with E-state index in [-0.39, 0.29) is 17.7 Å². The lowest BCUT2D eigenvalue weighted by Gasteiger charge is -2.16. The number of aryl methyl sites for hydroxylation is 1. The number of alkyl halides is 2. The topological polar surface area (TPSA) is 46.5 Å². The molecule has 0 unspecified atom stereocenters. The molecule has 0 aliphatic carbocycles. The molecule has 0 atom stereocenters. The zero-order valence-electron chi connectivity index (χ0n) is 9.67. The van der Waals surface area contributed by atoms with Crippen molar-refractivity contribution in [3.05, 3.63) is 29.3 Å². The van der Waals surface area contributed by atoms with E-state index in [4.69, 9.17) is 9.84 Å². The Labute approximate surface area is 98.0 Å². The Bertz CT molecular complexity index is 416. The minimum Gasteiger partial charge on any atom is -0.487 e. The molecular weight excluding hydrogens is 230 g/mol. The summed E-state index contributed by atoms with van der Waals surface area (Å²) in [6.07, 6.45) is -0.292. The molecule has 1 aromatic rings. The Morgan fingerprint density at radius 2 is 2.12 bits per heavy atom. The molecule has 0 aliphatic heterocycles. The molecule has 0 fully saturated rings. The molecule has 3 nitrogen and oxygen atoms in total. The first-order valence-electron chi connectivity index (χ1n) is 5.20. The number of benzene rings is 1. The van der Waals surface area contributed by atoms with E-state index in [1.165, 1.54) is 25.1 Å². The second-order valence-corrected chi connectivity index (χ2v) is 3.78. The van der Waals surface area contributed by atoms with Crippen molar-refractivity contribution < 1.29 is 23.4 Å². The van der Waals surface area contributed by atoms with Gasteiger partial charge < -0.3 is 9.84 Å². The smallest absolute Gasteiger partial charge is 0.335 e. The standard InChI is InChI=1S/C12H14F2O3/c1-3-12(13,14)7-17-10-5-4-9(11(15)16)6-8(10)2/h4-6H,3,7H2,1-2H3,(H,15,16). The maximum atomic E-state index is 13.0. The molecule has 0 saturated heterocycles. The third-order valence-electron chi connectivity index (χ3n) is 2.38. The van der Waals surface area contributed by atoms with Crippen LogP contribution in [0.3, 0.4) is 0 Å². The number of hydrogen-bond donors (Lipinski definition) is 1. The molecule has 0 aliphatic rings. The summed E-state index contributed by atoms with van der Waals surface area (Å²) in [5, 5.41) is 8.74. The van der Waals surface area contributed by atoms with E-state index < -0.39 is 18.5 Å². The average Bonchev–Trinajstić information content (AvgIpc) is 2.27. The van der Waals surface area contributed by atoms with Gasteiger partial charge in [-0.15, -0.1) is 0 Å². The molecule has 0 saturated carbocycles. The van der Waals surface area contributed by atoms with Crippen LogP contribution in [0.5, 0.6) is 5.75 Å². The number of hydrogen-bond acceptors (Lipinski definition) is 2. The summed E-state index contributed by atoms with van der Waals surface area (Å²) in [7, 11) is 0. The average molecular weight is 244 g/mol. The molecule has 0 heterocycles. The normalized spacial score (nSPS) is 11.3. The van der Waals surface area contributed by atoms with E-state index in [0.29, 0.717) is 5.56 Å². The maximum Gasteiger partial charge on any atom is 0.335 e. The molecule has 5 heteroatoms. The van der Waals surface area contributed by atoms with Gasteiger partial charge >= 0.3 is 5.97 Å². The van der Waals surface area contributed by atoms with Crippen LogP contribution in [0.25, 0.3) is 0 Å². The van der Waals surface area contributed by atoms with Crippen LogP contribution in [0.1, 0.15) is 29.3 Å². The van der Waals surface area contributed by atoms with Gasteiger partial charge in [-0.1, -0.05) is 6.92 Å². The molecule has 0 amide bonds. The predicted molar refractivity (Wildman–Crippen MR) is 58.9 cm³/mol. The first-order valence-corrected chi connectivity index (χ1v) is 5.20. The lowest BCUT2D eigenvalue weighted by molar-refractivity contribution is -0.0437. The molecule has 94 valence electrons. The first-order chi connectivity index (χ1) is 7.85. The van der Waals surface area contributed by atoms with Gasteiger partial charge in [-0.05, 0) is 30.7 Å². The van der Waals surface area contributed by atoms with Crippen molar-refractivity contribution >= 4 is 5.97 Å². The highest BCUT2D eigenvalue weighted by Gasteiger charge is 2.27. The predicted octanol–water partition coefficient (Wildman–Crippen LogP) is 3.12. The highest BCUT2D eigenvalue weighted by molar-refractivity contribution is 5.88. The Morgan fingerprint density at radius 1 is 1.47 bits per heavy atom. The van der Waals surface area contributed by atoms with E-state index in [0.717, 1.165) is 0 Å². The van der Waals surface area contributed by atoms with E-state index in [1.807, 2.05) is 0 Å². The highest BCUT2D eigenvalue weighted by atomic mass is 19.3. The maximum absolute atomic E-state index is 13.0. The zero-order chi connectivity index (χ0) is 13.1. The van der Waals surface area contributed by atoms with Gasteiger partial charge in [0.25, 0.3) is 5.92 Å². The van der Waals surface area contributed by atoms with Crippen molar-refractivity contribution in [2.75, 3.05) is 6.61 Å². The fraction of sp³-hybridized carbons (Fsp3) is 0.417. The number of carboxylic acid groups (broad SMARTS) is 1. The number of carboxylic acids is 1. The van der Waals surface area contributed by atoms with Gasteiger partial charge in [0.1, 0.15) is 5.75 Å². The number of rotatable bonds is 5. The lowest BCUT2D eigenvalue weighted by Crippen LogP contribution is -2.24. The lowest BCUT2D eigenvalue weighted by atomic mass is 10.1. The minimum atomic E-state index is -2.86. The van der Waals surface area contributed by atoms with E-state index in [2.05, 4.69) is 0 Å². The van der Waals surface area contributed by atoms with Crippen molar-refractivity contribution in [1.82, 2.24) is 0 Å². The molecule has 0 spiro atoms. The number of carbonyl (C=O) groups is 1. The van der Waals surface area contributed by atoms with Gasteiger partial charge in [-0.3, -0.25) is 0 Å². The van der Waals surface area contributed by atoms with Gasteiger partial charge in [0.15, 0.2) is 6.61 Å². The SMILES string of the molecule is CCC(F)(F)COc1ccc(C(=O)O)cc1C. The number of halogens is 2. The fourth-order valence-corrected chi connectivity index (χ4v) is 1.23. The van der Waals surface area contributed by atoms with Crippen molar-refractivity contribution in [2.45, 2.75) is 26.2 Å². The molecule has 17 heavy (non-hydrogen) atoms. The molecule has 0 aromatic heterocycles. The van der Waals surface area contributed by atoms with Crippen LogP contribution in [-0.2, 0) is 0 Å². The number of ether oxygens (including phenoxy) is 1. The molecular formula is C12H14F2O3. The summed E-state index contributed by atoms with van der Waals surface area (Å²) in [6, 6.07) is 4.11. The van der Waals surface area contributed by atoms with E-state index in [1.54, 1.807) is 6.92 Å². The summed E-state index contributed by atoms with van der Waals surface area (Å²) >= 11 is 0. The monoisotopic (exact) mass is 244 g/mol. The van der Waals surface area contributed by atoms with Gasteiger partial charge in [0.2, 0.25) is 0 Å². The minimum absolute atomic E-state index is 0.108. The summed E-state index contributed by atoms with van der Waals surface area (Å²) in [5.74, 6) is -3.64. The van der Waals surface area contributed by atoms with E-state index in [9.17, 15) is 13.6 Å². The van der Waals surface area contributed by atoms with Crippen molar-refractivity contribution in [2.24, 2.45) is 0 Å². The van der Waals surface area contributed by atoms with Gasteiger partial charge in [-0.2, -0.15) is 0 Å². The first kappa shape index (κ1) is 13.4. The highest BCUT2D eigenvalue weighted by Crippen LogP contribution is 2.23. The summed E-state index contributed by atoms with van der Waals surface area (Å²) in [6.45, 7) is 2.30. The van der Waals surface area contributed by atoms with Crippen LogP contribution in [0, 0.1) is 6.92 Å². The summed E-state index contributed by atoms with van der Waals surface area (Å²) in [4.78, 5) is 10.7. The zero-order valence-corrected chi connectivity index (χ0v) is 9.67. The largest absolute Gasteiger partial charge is 0.487 e. The Kier molecular flexibility index (Phi) is 4.04. The molecule has 1 aromatic carbocycles. The van der Waals surface area contributed by atoms with Crippen molar-refractivity contribution in [3.8, 4) is 5.75 Å². The van der Waals surface area contributed by atoms with Crippen LogP contribution >= 0.6 is 0 Å². The van der Waals surface area contributed by atoms with Crippen molar-refractivity contribution in [3.63, 3.8) is 0 Å². The van der Waals surface area contributed by atoms with Gasteiger partial charge in [-0.25, -0.2) is 13.6 Å². The molecule has 1 rings (SSSR count). The van der Waals surface area contributed by atoms with Crippen LogP contribution < -0.4 is 4.74 Å². The second kappa shape index (κ2) is 5.12. The second-order valence-electron chi connectivity index (χ2n) is 3.78. The molecule has 0 bridgehead atoms. The molecule has 1 N–H and O–H groups in total. The summed E-state index contributed by atoms with van der Waals surface area (Å²) < 4.78 is 30.9. The number of aromatic carboxylic acids is 1. The van der Waals surface area contributed by atoms with Crippen LogP contribution in [0.4, 0.5) is 8.78 Å². The van der Waals surface area contributed by atoms with Gasteiger partial charge in [0, 0.05) is 6.42 Å². The van der Waals surface area contributed by atoms with Crippen LogP contribution in [0.15, 0.2) is 18.2 Å². The Morgan fingerprint density at radius 3 is 2.59 bits per heavy atom. The molecule has 0 radical (unpaired) electrons.